The first kappa shape index (κ1) is 11.2. The van der Waals surface area contributed by atoms with Gasteiger partial charge in [-0.15, -0.1) is 0 Å². The van der Waals surface area contributed by atoms with Crippen molar-refractivity contribution in [3.8, 4) is 0 Å². The summed E-state index contributed by atoms with van der Waals surface area (Å²) in [6.07, 6.45) is -0.757. The summed E-state index contributed by atoms with van der Waals surface area (Å²) in [6, 6.07) is 9.38. The summed E-state index contributed by atoms with van der Waals surface area (Å²) in [5.41, 5.74) is 1.60. The molecule has 0 radical (unpaired) electrons. The fourth-order valence-electron chi connectivity index (χ4n) is 1.71. The zero-order chi connectivity index (χ0) is 11.7. The lowest BCUT2D eigenvalue weighted by Crippen LogP contribution is -1.99. The molecule has 16 heavy (non-hydrogen) atoms. The van der Waals surface area contributed by atoms with E-state index >= 15 is 0 Å². The Morgan fingerprint density at radius 1 is 1.19 bits per heavy atom. The number of aliphatic hydroxyl groups is 1. The van der Waals surface area contributed by atoms with Gasteiger partial charge in [-0.2, -0.15) is 0 Å². The highest BCUT2D eigenvalue weighted by atomic mass is 35.5. The Kier molecular flexibility index (Phi) is 3.03. The summed E-state index contributed by atoms with van der Waals surface area (Å²) in [7, 11) is 0. The van der Waals surface area contributed by atoms with Gasteiger partial charge in [-0.05, 0) is 19.4 Å². The average molecular weight is 237 g/mol. The van der Waals surface area contributed by atoms with Crippen molar-refractivity contribution < 1.29 is 9.52 Å². The van der Waals surface area contributed by atoms with Gasteiger partial charge in [-0.1, -0.05) is 41.9 Å². The van der Waals surface area contributed by atoms with Crippen LogP contribution < -0.4 is 0 Å². The number of furan rings is 1. The Hall–Kier alpha value is -1.25. The number of aryl methyl sites for hydroxylation is 1. The van der Waals surface area contributed by atoms with Crippen molar-refractivity contribution in [2.24, 2.45) is 0 Å². The van der Waals surface area contributed by atoms with Gasteiger partial charge in [-0.25, -0.2) is 0 Å². The Morgan fingerprint density at radius 2 is 1.81 bits per heavy atom. The van der Waals surface area contributed by atoms with Gasteiger partial charge in [0.2, 0.25) is 0 Å². The monoisotopic (exact) mass is 236 g/mol. The molecule has 0 amide bonds. The van der Waals surface area contributed by atoms with Crippen LogP contribution in [0, 0.1) is 13.8 Å². The molecule has 0 spiro atoms. The molecule has 84 valence electrons. The van der Waals surface area contributed by atoms with Crippen molar-refractivity contribution in [2.75, 3.05) is 0 Å². The van der Waals surface area contributed by atoms with Gasteiger partial charge in [0.15, 0.2) is 0 Å². The van der Waals surface area contributed by atoms with Gasteiger partial charge < -0.3 is 9.52 Å². The van der Waals surface area contributed by atoms with Crippen LogP contribution >= 0.6 is 11.6 Å². The van der Waals surface area contributed by atoms with Crippen molar-refractivity contribution in [3.05, 3.63) is 58.0 Å². The molecule has 1 heterocycles. The van der Waals surface area contributed by atoms with Gasteiger partial charge in [0.25, 0.3) is 0 Å². The molecule has 3 heteroatoms. The van der Waals surface area contributed by atoms with E-state index in [1.807, 2.05) is 37.3 Å². The third-order valence-corrected chi connectivity index (χ3v) is 3.18. The SMILES string of the molecule is Cc1oc(C(O)c2ccccc2)c(C)c1Cl. The lowest BCUT2D eigenvalue weighted by molar-refractivity contribution is 0.186. The molecule has 1 atom stereocenters. The van der Waals surface area contributed by atoms with Crippen LogP contribution in [0.3, 0.4) is 0 Å². The van der Waals surface area contributed by atoms with E-state index in [-0.39, 0.29) is 0 Å². The molecule has 1 aromatic heterocycles. The highest BCUT2D eigenvalue weighted by Gasteiger charge is 2.20. The van der Waals surface area contributed by atoms with Crippen LogP contribution in [0.1, 0.15) is 28.8 Å². The second-order valence-corrected chi connectivity index (χ2v) is 4.15. The predicted molar refractivity (Wildman–Crippen MR) is 63.7 cm³/mol. The van der Waals surface area contributed by atoms with Gasteiger partial charge in [0.1, 0.15) is 17.6 Å². The quantitative estimate of drug-likeness (QED) is 0.864. The van der Waals surface area contributed by atoms with Gasteiger partial charge in [-0.3, -0.25) is 0 Å². The maximum Gasteiger partial charge on any atom is 0.141 e. The molecular weight excluding hydrogens is 224 g/mol. The lowest BCUT2D eigenvalue weighted by atomic mass is 10.1. The van der Waals surface area contributed by atoms with Crippen molar-refractivity contribution in [1.29, 1.82) is 0 Å². The van der Waals surface area contributed by atoms with Gasteiger partial charge >= 0.3 is 0 Å². The molecule has 0 bridgehead atoms. The maximum absolute atomic E-state index is 10.2. The van der Waals surface area contributed by atoms with E-state index in [0.717, 1.165) is 11.1 Å². The first-order chi connectivity index (χ1) is 7.61. The van der Waals surface area contributed by atoms with Gasteiger partial charge in [0, 0.05) is 5.56 Å². The number of benzene rings is 1. The normalized spacial score (nSPS) is 12.8. The highest BCUT2D eigenvalue weighted by molar-refractivity contribution is 6.32. The smallest absolute Gasteiger partial charge is 0.141 e. The molecule has 0 aliphatic rings. The minimum absolute atomic E-state index is 0.522. The average Bonchev–Trinajstić information content (AvgIpc) is 2.57. The molecule has 0 aliphatic carbocycles. The Bertz CT molecular complexity index is 488. The summed E-state index contributed by atoms with van der Waals surface area (Å²) in [5, 5.41) is 10.7. The van der Waals surface area contributed by atoms with E-state index in [9.17, 15) is 5.11 Å². The van der Waals surface area contributed by atoms with Crippen molar-refractivity contribution in [1.82, 2.24) is 0 Å². The van der Waals surface area contributed by atoms with E-state index in [1.165, 1.54) is 0 Å². The largest absolute Gasteiger partial charge is 0.461 e. The molecule has 0 saturated carbocycles. The summed E-state index contributed by atoms with van der Waals surface area (Å²) in [6.45, 7) is 3.64. The van der Waals surface area contributed by atoms with Crippen LogP contribution in [0.4, 0.5) is 0 Å². The first-order valence-corrected chi connectivity index (χ1v) is 5.47. The van der Waals surface area contributed by atoms with Crippen molar-refractivity contribution in [3.63, 3.8) is 0 Å². The minimum Gasteiger partial charge on any atom is -0.461 e. The summed E-state index contributed by atoms with van der Waals surface area (Å²) < 4.78 is 5.48. The third-order valence-electron chi connectivity index (χ3n) is 2.63. The first-order valence-electron chi connectivity index (χ1n) is 5.09. The molecule has 0 fully saturated rings. The Morgan fingerprint density at radius 3 is 2.31 bits per heavy atom. The molecule has 2 rings (SSSR count). The standard InChI is InChI=1S/C13H13ClO2/c1-8-11(14)9(2)16-13(8)12(15)10-6-4-3-5-7-10/h3-7,12,15H,1-2H3. The van der Waals surface area contributed by atoms with Crippen LogP contribution in [0.2, 0.25) is 5.02 Å². The fourth-order valence-corrected chi connectivity index (χ4v) is 1.84. The van der Waals surface area contributed by atoms with E-state index in [1.54, 1.807) is 6.92 Å². The summed E-state index contributed by atoms with van der Waals surface area (Å²) in [4.78, 5) is 0. The van der Waals surface area contributed by atoms with E-state index < -0.39 is 6.10 Å². The molecule has 2 aromatic rings. The van der Waals surface area contributed by atoms with Crippen LogP contribution in [0.5, 0.6) is 0 Å². The second-order valence-electron chi connectivity index (χ2n) is 3.77. The molecule has 2 nitrogen and oxygen atoms in total. The molecule has 0 saturated heterocycles. The summed E-state index contributed by atoms with van der Waals surface area (Å²) >= 11 is 6.03. The highest BCUT2D eigenvalue weighted by Crippen LogP contribution is 2.33. The number of rotatable bonds is 2. The zero-order valence-electron chi connectivity index (χ0n) is 9.20. The van der Waals surface area contributed by atoms with E-state index in [2.05, 4.69) is 0 Å². The van der Waals surface area contributed by atoms with Crippen LogP contribution in [-0.2, 0) is 0 Å². The maximum atomic E-state index is 10.2. The van der Waals surface area contributed by atoms with Crippen molar-refractivity contribution >= 4 is 11.6 Å². The van der Waals surface area contributed by atoms with E-state index in [0.29, 0.717) is 16.5 Å². The minimum atomic E-state index is -0.757. The van der Waals surface area contributed by atoms with Gasteiger partial charge in [0.05, 0.1) is 5.02 Å². The Balaban J connectivity index is 2.42. The Labute approximate surface area is 99.5 Å². The topological polar surface area (TPSA) is 33.4 Å². The summed E-state index contributed by atoms with van der Waals surface area (Å²) in [5.74, 6) is 1.16. The predicted octanol–water partition coefficient (Wildman–Crippen LogP) is 3.63. The number of hydrogen-bond acceptors (Lipinski definition) is 2. The lowest BCUT2D eigenvalue weighted by Gasteiger charge is -2.08. The number of aliphatic hydroxyl groups excluding tert-OH is 1. The fraction of sp³-hybridized carbons (Fsp3) is 0.231. The molecule has 1 aromatic carbocycles. The molecule has 0 aliphatic heterocycles. The van der Waals surface area contributed by atoms with Crippen LogP contribution in [0.25, 0.3) is 0 Å². The van der Waals surface area contributed by atoms with Crippen LogP contribution in [0.15, 0.2) is 34.7 Å². The molecule has 1 unspecified atom stereocenters. The molecule has 1 N–H and O–H groups in total. The van der Waals surface area contributed by atoms with Crippen LogP contribution in [-0.4, -0.2) is 5.11 Å². The van der Waals surface area contributed by atoms with E-state index in [4.69, 9.17) is 16.0 Å². The number of hydrogen-bond donors (Lipinski definition) is 1. The zero-order valence-corrected chi connectivity index (χ0v) is 9.95. The number of halogens is 1. The van der Waals surface area contributed by atoms with Crippen molar-refractivity contribution in [2.45, 2.75) is 20.0 Å². The molecular formula is C13H13ClO2. The second kappa shape index (κ2) is 4.32. The third kappa shape index (κ3) is 1.86.